The highest BCUT2D eigenvalue weighted by atomic mass is 16.5. The van der Waals surface area contributed by atoms with Gasteiger partial charge in [-0.15, -0.1) is 0 Å². The van der Waals surface area contributed by atoms with Crippen LogP contribution in [-0.4, -0.2) is 28.4 Å². The number of nitrogens with zero attached hydrogens (tertiary/aromatic N) is 3. The fourth-order valence-electron chi connectivity index (χ4n) is 1.66. The lowest BCUT2D eigenvalue weighted by Gasteiger charge is -2.06. The molecule has 1 aromatic heterocycles. The van der Waals surface area contributed by atoms with Crippen molar-refractivity contribution in [1.29, 1.82) is 0 Å². The molecule has 2 rings (SSSR count). The minimum Gasteiger partial charge on any atom is -0.497 e. The zero-order valence-electron chi connectivity index (χ0n) is 11.2. The van der Waals surface area contributed by atoms with Crippen molar-refractivity contribution in [3.63, 3.8) is 0 Å². The van der Waals surface area contributed by atoms with Crippen LogP contribution in [0.25, 0.3) is 0 Å². The molecule has 0 saturated heterocycles. The highest BCUT2D eigenvalue weighted by Gasteiger charge is 2.07. The van der Waals surface area contributed by atoms with Gasteiger partial charge in [-0.3, -0.25) is 0 Å². The maximum atomic E-state index is 5.65. The SMILES string of the molecule is COc1ccc(OCc2nc(CCN)nn2C)cc1. The molecule has 102 valence electrons. The maximum Gasteiger partial charge on any atom is 0.164 e. The lowest BCUT2D eigenvalue weighted by atomic mass is 10.3. The Bertz CT molecular complexity index is 522. The van der Waals surface area contributed by atoms with E-state index >= 15 is 0 Å². The molecule has 0 unspecified atom stereocenters. The van der Waals surface area contributed by atoms with Gasteiger partial charge in [-0.1, -0.05) is 0 Å². The van der Waals surface area contributed by atoms with E-state index in [2.05, 4.69) is 10.1 Å². The lowest BCUT2D eigenvalue weighted by Crippen LogP contribution is -2.04. The number of hydrogen-bond donors (Lipinski definition) is 1. The number of aromatic nitrogens is 3. The monoisotopic (exact) mass is 262 g/mol. The first-order chi connectivity index (χ1) is 9.22. The van der Waals surface area contributed by atoms with Gasteiger partial charge in [0.05, 0.1) is 7.11 Å². The number of benzene rings is 1. The topological polar surface area (TPSA) is 75.2 Å². The first kappa shape index (κ1) is 13.4. The average molecular weight is 262 g/mol. The van der Waals surface area contributed by atoms with Crippen LogP contribution in [0.2, 0.25) is 0 Å². The number of ether oxygens (including phenoxy) is 2. The molecule has 0 fully saturated rings. The van der Waals surface area contributed by atoms with E-state index in [9.17, 15) is 0 Å². The first-order valence-electron chi connectivity index (χ1n) is 6.08. The molecule has 2 aromatic rings. The highest BCUT2D eigenvalue weighted by Crippen LogP contribution is 2.17. The molecule has 0 atom stereocenters. The van der Waals surface area contributed by atoms with Crippen molar-refractivity contribution in [3.05, 3.63) is 35.9 Å². The van der Waals surface area contributed by atoms with E-state index in [0.29, 0.717) is 19.6 Å². The summed E-state index contributed by atoms with van der Waals surface area (Å²) >= 11 is 0. The van der Waals surface area contributed by atoms with Crippen molar-refractivity contribution in [2.45, 2.75) is 13.0 Å². The van der Waals surface area contributed by atoms with E-state index in [4.69, 9.17) is 15.2 Å². The maximum absolute atomic E-state index is 5.65. The van der Waals surface area contributed by atoms with Gasteiger partial charge in [0, 0.05) is 13.5 Å². The Morgan fingerprint density at radius 1 is 1.21 bits per heavy atom. The molecule has 0 radical (unpaired) electrons. The van der Waals surface area contributed by atoms with E-state index < -0.39 is 0 Å². The predicted octanol–water partition coefficient (Wildman–Crippen LogP) is 0.904. The highest BCUT2D eigenvalue weighted by molar-refractivity contribution is 5.31. The van der Waals surface area contributed by atoms with Crippen molar-refractivity contribution >= 4 is 0 Å². The van der Waals surface area contributed by atoms with Crippen LogP contribution in [0, 0.1) is 0 Å². The Morgan fingerprint density at radius 3 is 2.53 bits per heavy atom. The lowest BCUT2D eigenvalue weighted by molar-refractivity contribution is 0.289. The zero-order chi connectivity index (χ0) is 13.7. The predicted molar refractivity (Wildman–Crippen MR) is 71.1 cm³/mol. The van der Waals surface area contributed by atoms with Gasteiger partial charge in [0.15, 0.2) is 11.6 Å². The summed E-state index contributed by atoms with van der Waals surface area (Å²) in [5, 5.41) is 4.27. The molecule has 2 N–H and O–H groups in total. The van der Waals surface area contributed by atoms with Crippen molar-refractivity contribution in [2.75, 3.05) is 13.7 Å². The Balaban J connectivity index is 1.97. The van der Waals surface area contributed by atoms with Gasteiger partial charge >= 0.3 is 0 Å². The van der Waals surface area contributed by atoms with Crippen molar-refractivity contribution in [1.82, 2.24) is 14.8 Å². The summed E-state index contributed by atoms with van der Waals surface area (Å²) in [4.78, 5) is 4.37. The number of nitrogens with two attached hydrogens (primary N) is 1. The molecule has 6 nitrogen and oxygen atoms in total. The van der Waals surface area contributed by atoms with Crippen LogP contribution in [0.5, 0.6) is 11.5 Å². The standard InChI is InChI=1S/C13H18N4O2/c1-17-13(15-12(16-17)7-8-14)9-19-11-5-3-10(18-2)4-6-11/h3-6H,7-9,14H2,1-2H3. The summed E-state index contributed by atoms with van der Waals surface area (Å²) in [5.74, 6) is 3.10. The van der Waals surface area contributed by atoms with E-state index in [1.165, 1.54) is 0 Å². The zero-order valence-corrected chi connectivity index (χ0v) is 11.2. The van der Waals surface area contributed by atoms with Gasteiger partial charge in [-0.05, 0) is 30.8 Å². The molecule has 0 aliphatic rings. The first-order valence-corrected chi connectivity index (χ1v) is 6.08. The molecule has 0 saturated carbocycles. The van der Waals surface area contributed by atoms with Gasteiger partial charge in [-0.25, -0.2) is 9.67 Å². The minimum atomic E-state index is 0.375. The van der Waals surface area contributed by atoms with Crippen LogP contribution < -0.4 is 15.2 Å². The molecule has 0 aliphatic heterocycles. The van der Waals surface area contributed by atoms with E-state index in [1.807, 2.05) is 31.3 Å². The quantitative estimate of drug-likeness (QED) is 0.837. The van der Waals surface area contributed by atoms with Gasteiger partial charge < -0.3 is 15.2 Å². The molecule has 0 amide bonds. The van der Waals surface area contributed by atoms with Gasteiger partial charge in [0.2, 0.25) is 0 Å². The Hall–Kier alpha value is -2.08. The number of methoxy groups -OCH3 is 1. The van der Waals surface area contributed by atoms with Crippen molar-refractivity contribution in [3.8, 4) is 11.5 Å². The average Bonchev–Trinajstić information content (AvgIpc) is 2.78. The molecule has 0 bridgehead atoms. The molecular formula is C13H18N4O2. The second-order valence-electron chi connectivity index (χ2n) is 4.07. The van der Waals surface area contributed by atoms with Crippen LogP contribution >= 0.6 is 0 Å². The summed E-state index contributed by atoms with van der Waals surface area (Å²) in [6.45, 7) is 0.920. The summed E-state index contributed by atoms with van der Waals surface area (Å²) in [6, 6.07) is 7.42. The van der Waals surface area contributed by atoms with Crippen molar-refractivity contribution < 1.29 is 9.47 Å². The normalized spacial score (nSPS) is 10.5. The van der Waals surface area contributed by atoms with E-state index in [0.717, 1.165) is 23.1 Å². The Kier molecular flexibility index (Phi) is 4.35. The fourth-order valence-corrected chi connectivity index (χ4v) is 1.66. The molecular weight excluding hydrogens is 244 g/mol. The third-order valence-electron chi connectivity index (χ3n) is 2.69. The van der Waals surface area contributed by atoms with Crippen LogP contribution in [0.1, 0.15) is 11.6 Å². The second kappa shape index (κ2) is 6.19. The van der Waals surface area contributed by atoms with Gasteiger partial charge in [0.1, 0.15) is 18.1 Å². The van der Waals surface area contributed by atoms with Crippen LogP contribution in [-0.2, 0) is 20.1 Å². The smallest absolute Gasteiger partial charge is 0.164 e. The minimum absolute atomic E-state index is 0.375. The number of rotatable bonds is 6. The number of aryl methyl sites for hydroxylation is 1. The summed E-state index contributed by atoms with van der Waals surface area (Å²) in [6.07, 6.45) is 0.677. The van der Waals surface area contributed by atoms with E-state index in [1.54, 1.807) is 11.8 Å². The van der Waals surface area contributed by atoms with Crippen LogP contribution in [0.4, 0.5) is 0 Å². The third-order valence-corrected chi connectivity index (χ3v) is 2.69. The summed E-state index contributed by atoms with van der Waals surface area (Å²) < 4.78 is 12.5. The van der Waals surface area contributed by atoms with Crippen LogP contribution in [0.3, 0.4) is 0 Å². The summed E-state index contributed by atoms with van der Waals surface area (Å²) in [5.41, 5.74) is 5.48. The van der Waals surface area contributed by atoms with Gasteiger partial charge in [0.25, 0.3) is 0 Å². The van der Waals surface area contributed by atoms with Crippen molar-refractivity contribution in [2.24, 2.45) is 12.8 Å². The molecule has 1 heterocycles. The molecule has 0 aliphatic carbocycles. The molecule has 6 heteroatoms. The Morgan fingerprint density at radius 2 is 1.89 bits per heavy atom. The number of hydrogen-bond acceptors (Lipinski definition) is 5. The molecule has 19 heavy (non-hydrogen) atoms. The summed E-state index contributed by atoms with van der Waals surface area (Å²) in [7, 11) is 3.48. The van der Waals surface area contributed by atoms with E-state index in [-0.39, 0.29) is 0 Å². The van der Waals surface area contributed by atoms with Crippen LogP contribution in [0.15, 0.2) is 24.3 Å². The third kappa shape index (κ3) is 3.45. The Labute approximate surface area is 112 Å². The molecule has 1 aromatic carbocycles. The second-order valence-corrected chi connectivity index (χ2v) is 4.07. The largest absolute Gasteiger partial charge is 0.497 e. The molecule has 0 spiro atoms. The fraction of sp³-hybridized carbons (Fsp3) is 0.385. The van der Waals surface area contributed by atoms with Gasteiger partial charge in [-0.2, -0.15) is 5.10 Å².